The van der Waals surface area contributed by atoms with Gasteiger partial charge in [0.2, 0.25) is 0 Å². The number of fused-ring (bicyclic) bond motifs is 1. The molecule has 116 valence electrons. The van der Waals surface area contributed by atoms with Gasteiger partial charge in [-0.25, -0.2) is 0 Å². The van der Waals surface area contributed by atoms with Crippen LogP contribution in [0.2, 0.25) is 0 Å². The fourth-order valence-corrected chi connectivity index (χ4v) is 3.11. The number of methoxy groups -OCH3 is 1. The Morgan fingerprint density at radius 1 is 1.50 bits per heavy atom. The Balaban J connectivity index is 1.62. The van der Waals surface area contributed by atoms with Crippen molar-refractivity contribution >= 4 is 17.5 Å². The van der Waals surface area contributed by atoms with Crippen LogP contribution in [0, 0.1) is 0 Å². The lowest BCUT2D eigenvalue weighted by Gasteiger charge is -2.06. The second kappa shape index (κ2) is 6.93. The van der Waals surface area contributed by atoms with E-state index in [1.807, 2.05) is 22.8 Å². The van der Waals surface area contributed by atoms with E-state index in [-0.39, 0.29) is 5.78 Å². The van der Waals surface area contributed by atoms with E-state index in [2.05, 4.69) is 10.2 Å². The van der Waals surface area contributed by atoms with Gasteiger partial charge in [-0.2, -0.15) is 0 Å². The lowest BCUT2D eigenvalue weighted by molar-refractivity contribution is 0.102. The van der Waals surface area contributed by atoms with Crippen LogP contribution in [0.5, 0.6) is 5.75 Å². The number of hydrogen-bond acceptors (Lipinski definition) is 6. The minimum atomic E-state index is 0.0843. The summed E-state index contributed by atoms with van der Waals surface area (Å²) >= 11 is 1.39. The number of carbonyl (C=O) groups excluding carboxylic acids is 1. The number of benzene rings is 1. The van der Waals surface area contributed by atoms with Gasteiger partial charge in [0.05, 0.1) is 19.0 Å². The molecule has 6 nitrogen and oxygen atoms in total. The van der Waals surface area contributed by atoms with Crippen LogP contribution in [0.3, 0.4) is 0 Å². The molecular formula is C15H17N3O3S. The van der Waals surface area contributed by atoms with Gasteiger partial charge < -0.3 is 14.0 Å². The van der Waals surface area contributed by atoms with E-state index in [0.717, 1.165) is 28.5 Å². The second-order valence-corrected chi connectivity index (χ2v) is 5.88. The molecule has 0 fully saturated rings. The molecular weight excluding hydrogens is 302 g/mol. The van der Waals surface area contributed by atoms with Gasteiger partial charge >= 0.3 is 0 Å². The first-order valence-corrected chi connectivity index (χ1v) is 8.05. The normalized spacial score (nSPS) is 13.0. The first-order chi connectivity index (χ1) is 10.8. The predicted molar refractivity (Wildman–Crippen MR) is 82.6 cm³/mol. The van der Waals surface area contributed by atoms with E-state index in [4.69, 9.17) is 9.47 Å². The number of nitrogens with zero attached hydrogens (tertiary/aromatic N) is 3. The highest BCUT2D eigenvalue weighted by molar-refractivity contribution is 7.99. The molecule has 1 aliphatic rings. The van der Waals surface area contributed by atoms with Crippen molar-refractivity contribution < 1.29 is 14.3 Å². The molecule has 0 aliphatic carbocycles. The lowest BCUT2D eigenvalue weighted by Crippen LogP contribution is -2.07. The highest BCUT2D eigenvalue weighted by Crippen LogP contribution is 2.26. The maximum atomic E-state index is 12.3. The maximum absolute atomic E-state index is 12.3. The van der Waals surface area contributed by atoms with Crippen molar-refractivity contribution in [2.24, 2.45) is 0 Å². The average Bonchev–Trinajstić information content (AvgIpc) is 3.18. The molecule has 1 aromatic carbocycles. The van der Waals surface area contributed by atoms with E-state index in [1.165, 1.54) is 11.8 Å². The minimum absolute atomic E-state index is 0.0843. The van der Waals surface area contributed by atoms with Crippen LogP contribution < -0.4 is 4.74 Å². The quantitative estimate of drug-likeness (QED) is 0.573. The Bertz CT molecular complexity index is 672. The molecule has 22 heavy (non-hydrogen) atoms. The Hall–Kier alpha value is -1.86. The highest BCUT2D eigenvalue weighted by Gasteiger charge is 2.16. The summed E-state index contributed by atoms with van der Waals surface area (Å²) in [5.41, 5.74) is 1.83. The monoisotopic (exact) mass is 319 g/mol. The molecule has 1 aliphatic heterocycles. The largest absolute Gasteiger partial charge is 0.493 e. The van der Waals surface area contributed by atoms with Crippen molar-refractivity contribution in [1.29, 1.82) is 0 Å². The molecule has 0 radical (unpaired) electrons. The lowest BCUT2D eigenvalue weighted by atomic mass is 10.1. The van der Waals surface area contributed by atoms with E-state index in [0.29, 0.717) is 25.5 Å². The molecule has 3 rings (SSSR count). The van der Waals surface area contributed by atoms with Crippen LogP contribution in [0.4, 0.5) is 0 Å². The number of carbonyl (C=O) groups is 1. The number of ketones is 1. The molecule has 2 heterocycles. The third-order valence-electron chi connectivity index (χ3n) is 3.46. The summed E-state index contributed by atoms with van der Waals surface area (Å²) in [7, 11) is 1.65. The van der Waals surface area contributed by atoms with Gasteiger partial charge in [-0.05, 0) is 23.8 Å². The molecule has 0 spiro atoms. The van der Waals surface area contributed by atoms with Crippen molar-refractivity contribution in [3.63, 3.8) is 0 Å². The zero-order valence-corrected chi connectivity index (χ0v) is 13.1. The van der Waals surface area contributed by atoms with Crippen molar-refractivity contribution in [3.05, 3.63) is 35.7 Å². The van der Waals surface area contributed by atoms with Crippen LogP contribution in [0.1, 0.15) is 15.9 Å². The van der Waals surface area contributed by atoms with Gasteiger partial charge in [0.15, 0.2) is 10.9 Å². The van der Waals surface area contributed by atoms with Gasteiger partial charge in [0.1, 0.15) is 12.1 Å². The molecule has 1 aromatic heterocycles. The standard InChI is InChI=1S/C15H17N3O3S/c1-20-7-5-18-10-16-17-15(18)22-9-13(19)11-2-3-14-12(8-11)4-6-21-14/h2-3,8,10H,4-7,9H2,1H3. The zero-order chi connectivity index (χ0) is 15.4. The molecule has 0 bridgehead atoms. The molecule has 7 heteroatoms. The predicted octanol–water partition coefficient (Wildman–Crippen LogP) is 1.83. The van der Waals surface area contributed by atoms with E-state index in [1.54, 1.807) is 13.4 Å². The van der Waals surface area contributed by atoms with Gasteiger partial charge in [0.25, 0.3) is 0 Å². The number of Topliss-reactive ketones (excluding diaryl/α,β-unsaturated/α-hetero) is 1. The Morgan fingerprint density at radius 3 is 3.27 bits per heavy atom. The summed E-state index contributed by atoms with van der Waals surface area (Å²) in [5.74, 6) is 1.32. The van der Waals surface area contributed by atoms with E-state index in [9.17, 15) is 4.79 Å². The van der Waals surface area contributed by atoms with E-state index < -0.39 is 0 Å². The topological polar surface area (TPSA) is 66.2 Å². The summed E-state index contributed by atoms with van der Waals surface area (Å²) in [6, 6.07) is 5.63. The zero-order valence-electron chi connectivity index (χ0n) is 12.3. The molecule has 0 saturated carbocycles. The Morgan fingerprint density at radius 2 is 2.41 bits per heavy atom. The van der Waals surface area contributed by atoms with Gasteiger partial charge in [-0.3, -0.25) is 4.79 Å². The molecule has 2 aromatic rings. The Kier molecular flexibility index (Phi) is 4.74. The van der Waals surface area contributed by atoms with Crippen molar-refractivity contribution in [3.8, 4) is 5.75 Å². The summed E-state index contributed by atoms with van der Waals surface area (Å²) in [6.45, 7) is 1.96. The molecule has 0 saturated heterocycles. The number of ether oxygens (including phenoxy) is 2. The van der Waals surface area contributed by atoms with Crippen molar-refractivity contribution in [2.45, 2.75) is 18.1 Å². The first-order valence-electron chi connectivity index (χ1n) is 7.06. The second-order valence-electron chi connectivity index (χ2n) is 4.93. The van der Waals surface area contributed by atoms with Crippen molar-refractivity contribution in [1.82, 2.24) is 14.8 Å². The SMILES string of the molecule is COCCn1cnnc1SCC(=O)c1ccc2c(c1)CCO2. The first kappa shape index (κ1) is 15.1. The van der Waals surface area contributed by atoms with Crippen LogP contribution in [0.25, 0.3) is 0 Å². The molecule has 0 amide bonds. The summed E-state index contributed by atoms with van der Waals surface area (Å²) in [5, 5.41) is 8.65. The average molecular weight is 319 g/mol. The fourth-order valence-electron chi connectivity index (χ4n) is 2.27. The number of rotatable bonds is 7. The van der Waals surface area contributed by atoms with E-state index >= 15 is 0 Å². The van der Waals surface area contributed by atoms with Crippen LogP contribution in [0.15, 0.2) is 29.7 Å². The van der Waals surface area contributed by atoms with Gasteiger partial charge in [-0.15, -0.1) is 10.2 Å². The maximum Gasteiger partial charge on any atom is 0.191 e. The number of aromatic nitrogens is 3. The summed E-state index contributed by atoms with van der Waals surface area (Å²) < 4.78 is 12.4. The molecule has 0 N–H and O–H groups in total. The van der Waals surface area contributed by atoms with Crippen LogP contribution >= 0.6 is 11.8 Å². The summed E-state index contributed by atoms with van der Waals surface area (Å²) in [6.07, 6.45) is 2.52. The number of thioether (sulfide) groups is 1. The molecule has 0 atom stereocenters. The fraction of sp³-hybridized carbons (Fsp3) is 0.400. The number of hydrogen-bond donors (Lipinski definition) is 0. The Labute approximate surface area is 132 Å². The third-order valence-corrected chi connectivity index (χ3v) is 4.44. The van der Waals surface area contributed by atoms with Gasteiger partial charge in [-0.1, -0.05) is 11.8 Å². The van der Waals surface area contributed by atoms with Crippen LogP contribution in [-0.2, 0) is 17.7 Å². The third kappa shape index (κ3) is 3.31. The molecule has 0 unspecified atom stereocenters. The highest BCUT2D eigenvalue weighted by atomic mass is 32.2. The smallest absolute Gasteiger partial charge is 0.191 e. The summed E-state index contributed by atoms with van der Waals surface area (Å²) in [4.78, 5) is 12.3. The van der Waals surface area contributed by atoms with Crippen molar-refractivity contribution in [2.75, 3.05) is 26.1 Å². The van der Waals surface area contributed by atoms with Crippen LogP contribution in [-0.4, -0.2) is 46.6 Å². The minimum Gasteiger partial charge on any atom is -0.493 e. The van der Waals surface area contributed by atoms with Gasteiger partial charge in [0, 0.05) is 25.6 Å².